The minimum atomic E-state index is 0.289. The lowest BCUT2D eigenvalue weighted by atomic mass is 9.71. The van der Waals surface area contributed by atoms with Crippen molar-refractivity contribution < 1.29 is 0 Å². The number of nitrogens with zero attached hydrogens (tertiary/aromatic N) is 3. The van der Waals surface area contributed by atoms with E-state index in [0.717, 1.165) is 44.3 Å². The van der Waals surface area contributed by atoms with Gasteiger partial charge in [-0.05, 0) is 62.4 Å². The number of benzene rings is 5. The van der Waals surface area contributed by atoms with E-state index in [-0.39, 0.29) is 5.92 Å². The monoisotopic (exact) mass is 611 g/mol. The second-order valence-corrected chi connectivity index (χ2v) is 13.1. The first kappa shape index (κ1) is 25.9. The van der Waals surface area contributed by atoms with Crippen molar-refractivity contribution in [1.29, 1.82) is 0 Å². The third-order valence-corrected chi connectivity index (χ3v) is 10.7. The standard InChI is InChI=1S/C45H29N3/c1-2-16-33-31(14-1)32-15-3-4-17-34(32)40-27-29(24-25-36(33)40)28-12-11-13-30(26-28)47-42-23-10-8-21-39(42)43-45(47)48-41-22-9-7-19-37(41)35-18-5-6-20-38(35)44(48)46-43/h1-27,34,40H. The van der Waals surface area contributed by atoms with E-state index in [4.69, 9.17) is 4.98 Å². The Hall–Kier alpha value is -6.19. The maximum absolute atomic E-state index is 5.38. The van der Waals surface area contributed by atoms with Crippen molar-refractivity contribution in [3.05, 3.63) is 180 Å². The first-order valence-electron chi connectivity index (χ1n) is 16.7. The molecule has 224 valence electrons. The van der Waals surface area contributed by atoms with Crippen LogP contribution in [0.2, 0.25) is 0 Å². The average Bonchev–Trinajstić information content (AvgIpc) is 3.70. The number of pyridine rings is 1. The van der Waals surface area contributed by atoms with Gasteiger partial charge in [0.2, 0.25) is 0 Å². The molecule has 0 aliphatic heterocycles. The molecule has 3 aliphatic rings. The van der Waals surface area contributed by atoms with Crippen molar-refractivity contribution >= 4 is 66.1 Å². The summed E-state index contributed by atoms with van der Waals surface area (Å²) in [6.45, 7) is 0. The first-order chi connectivity index (χ1) is 23.8. The maximum Gasteiger partial charge on any atom is 0.151 e. The number of rotatable bonds is 2. The number of hydrogen-bond donors (Lipinski definition) is 0. The Morgan fingerprint density at radius 1 is 0.542 bits per heavy atom. The van der Waals surface area contributed by atoms with Gasteiger partial charge in [0, 0.05) is 33.7 Å². The smallest absolute Gasteiger partial charge is 0.151 e. The lowest BCUT2D eigenvalue weighted by Gasteiger charge is -2.32. The molecule has 0 saturated carbocycles. The summed E-state index contributed by atoms with van der Waals surface area (Å²) in [5.41, 5.74) is 11.8. The fourth-order valence-electron chi connectivity index (χ4n) is 8.60. The summed E-state index contributed by atoms with van der Waals surface area (Å²) in [5, 5.41) is 7.49. The van der Waals surface area contributed by atoms with Crippen molar-refractivity contribution in [3.63, 3.8) is 0 Å². The first-order valence-corrected chi connectivity index (χ1v) is 16.7. The molecule has 11 rings (SSSR count). The summed E-state index contributed by atoms with van der Waals surface area (Å²) >= 11 is 0. The zero-order valence-electron chi connectivity index (χ0n) is 26.1. The van der Waals surface area contributed by atoms with Crippen LogP contribution in [0.4, 0.5) is 0 Å². The zero-order chi connectivity index (χ0) is 31.3. The van der Waals surface area contributed by atoms with Gasteiger partial charge < -0.3 is 0 Å². The van der Waals surface area contributed by atoms with Gasteiger partial charge in [0.15, 0.2) is 5.65 Å². The van der Waals surface area contributed by atoms with Crippen LogP contribution >= 0.6 is 0 Å². The highest BCUT2D eigenvalue weighted by atomic mass is 15.2. The highest BCUT2D eigenvalue weighted by molar-refractivity contribution is 6.16. The quantitative estimate of drug-likeness (QED) is 0.179. The van der Waals surface area contributed by atoms with Crippen LogP contribution in [0.1, 0.15) is 5.56 Å². The van der Waals surface area contributed by atoms with Crippen molar-refractivity contribution in [1.82, 2.24) is 14.0 Å². The third kappa shape index (κ3) is 3.45. The highest BCUT2D eigenvalue weighted by Gasteiger charge is 2.30. The maximum atomic E-state index is 5.38. The number of aromatic nitrogens is 3. The molecule has 3 aliphatic carbocycles. The largest absolute Gasteiger partial charge is 0.294 e. The molecule has 0 radical (unpaired) electrons. The van der Waals surface area contributed by atoms with Gasteiger partial charge in [0.25, 0.3) is 0 Å². The van der Waals surface area contributed by atoms with Crippen molar-refractivity contribution in [2.24, 2.45) is 11.8 Å². The molecule has 8 aromatic rings. The molecular weight excluding hydrogens is 583 g/mol. The minimum absolute atomic E-state index is 0.289. The Balaban J connectivity index is 1.16. The molecule has 3 aromatic heterocycles. The molecule has 2 unspecified atom stereocenters. The average molecular weight is 612 g/mol. The van der Waals surface area contributed by atoms with Crippen LogP contribution in [-0.4, -0.2) is 14.0 Å². The van der Waals surface area contributed by atoms with Crippen LogP contribution in [0.3, 0.4) is 0 Å². The minimum Gasteiger partial charge on any atom is -0.294 e. The van der Waals surface area contributed by atoms with Crippen LogP contribution in [0.15, 0.2) is 164 Å². The Morgan fingerprint density at radius 3 is 2.10 bits per heavy atom. The molecule has 5 aromatic carbocycles. The van der Waals surface area contributed by atoms with Gasteiger partial charge in [0.05, 0.1) is 11.0 Å². The highest BCUT2D eigenvalue weighted by Crippen LogP contribution is 2.41. The fraction of sp³-hybridized carbons (Fsp3) is 0.0444. The van der Waals surface area contributed by atoms with Crippen LogP contribution in [0.5, 0.6) is 0 Å². The number of imidazole rings is 1. The summed E-state index contributed by atoms with van der Waals surface area (Å²) in [7, 11) is 0. The number of allylic oxidation sites excluding steroid dienone is 8. The Bertz CT molecular complexity index is 2960. The number of para-hydroxylation sites is 2. The van der Waals surface area contributed by atoms with Crippen LogP contribution in [-0.2, 0) is 0 Å². The molecular formula is C45H29N3. The molecule has 3 heteroatoms. The molecule has 0 saturated heterocycles. The van der Waals surface area contributed by atoms with E-state index >= 15 is 0 Å². The van der Waals surface area contributed by atoms with E-state index in [1.54, 1.807) is 0 Å². The number of hydrogen-bond acceptors (Lipinski definition) is 1. The van der Waals surface area contributed by atoms with E-state index in [2.05, 4.69) is 173 Å². The van der Waals surface area contributed by atoms with E-state index in [9.17, 15) is 0 Å². The van der Waals surface area contributed by atoms with Gasteiger partial charge in [-0.3, -0.25) is 8.97 Å². The predicted octanol–water partition coefficient (Wildman–Crippen LogP) is 9.06. The summed E-state index contributed by atoms with van der Waals surface area (Å²) in [6.07, 6.45) is 16.2. The lowest BCUT2D eigenvalue weighted by molar-refractivity contribution is 0.696. The lowest BCUT2D eigenvalue weighted by Crippen LogP contribution is -2.39. The molecule has 3 heterocycles. The van der Waals surface area contributed by atoms with Gasteiger partial charge in [-0.1, -0.05) is 140 Å². The SMILES string of the molecule is C1=CC2=c3ccccc3=C3C=CC(c4cccc(-n5c6ccccc6c6nc7c8ccccc8c8ccccc8n7c65)c4)=CC3C2C=C1. The number of fused-ring (bicyclic) bond motifs is 14. The molecule has 3 nitrogen and oxygen atoms in total. The van der Waals surface area contributed by atoms with E-state index in [1.165, 1.54) is 43.5 Å². The fourth-order valence-corrected chi connectivity index (χ4v) is 8.60. The van der Waals surface area contributed by atoms with E-state index in [0.29, 0.717) is 5.92 Å². The normalized spacial score (nSPS) is 18.2. The summed E-state index contributed by atoms with van der Waals surface area (Å²) < 4.78 is 4.79. The molecule has 48 heavy (non-hydrogen) atoms. The molecule has 0 N–H and O–H groups in total. The second-order valence-electron chi connectivity index (χ2n) is 13.1. The van der Waals surface area contributed by atoms with Crippen LogP contribution in [0, 0.1) is 11.8 Å². The predicted molar refractivity (Wildman–Crippen MR) is 199 cm³/mol. The van der Waals surface area contributed by atoms with Crippen molar-refractivity contribution in [2.45, 2.75) is 0 Å². The van der Waals surface area contributed by atoms with Gasteiger partial charge in [-0.15, -0.1) is 0 Å². The van der Waals surface area contributed by atoms with Gasteiger partial charge >= 0.3 is 0 Å². The van der Waals surface area contributed by atoms with Gasteiger partial charge in [-0.25, -0.2) is 4.98 Å². The molecule has 0 bridgehead atoms. The van der Waals surface area contributed by atoms with Crippen LogP contribution in [0.25, 0.3) is 71.8 Å². The summed E-state index contributed by atoms with van der Waals surface area (Å²) in [4.78, 5) is 5.38. The van der Waals surface area contributed by atoms with Crippen molar-refractivity contribution in [2.75, 3.05) is 0 Å². The molecule has 0 spiro atoms. The van der Waals surface area contributed by atoms with E-state index < -0.39 is 0 Å². The van der Waals surface area contributed by atoms with Crippen LogP contribution < -0.4 is 10.4 Å². The molecule has 0 fully saturated rings. The van der Waals surface area contributed by atoms with Gasteiger partial charge in [-0.2, -0.15) is 0 Å². The Labute approximate surface area is 276 Å². The molecule has 2 atom stereocenters. The topological polar surface area (TPSA) is 22.2 Å². The van der Waals surface area contributed by atoms with E-state index in [1.807, 2.05) is 0 Å². The third-order valence-electron chi connectivity index (χ3n) is 10.7. The Morgan fingerprint density at radius 2 is 1.25 bits per heavy atom. The van der Waals surface area contributed by atoms with Gasteiger partial charge in [0.1, 0.15) is 11.2 Å². The zero-order valence-corrected chi connectivity index (χ0v) is 26.1. The second kappa shape index (κ2) is 9.66. The molecule has 0 amide bonds. The summed E-state index contributed by atoms with van der Waals surface area (Å²) in [6, 6.07) is 44.0. The summed E-state index contributed by atoms with van der Waals surface area (Å²) in [5.74, 6) is 0.620. The van der Waals surface area contributed by atoms with Crippen molar-refractivity contribution in [3.8, 4) is 5.69 Å². The Kier molecular flexibility index (Phi) is 5.22.